The van der Waals surface area contributed by atoms with E-state index in [0.717, 1.165) is 22.5 Å². The highest BCUT2D eigenvalue weighted by molar-refractivity contribution is 7.80. The fourth-order valence-electron chi connectivity index (χ4n) is 2.01. The van der Waals surface area contributed by atoms with Gasteiger partial charge in [0.25, 0.3) is 0 Å². The highest BCUT2D eigenvalue weighted by Gasteiger charge is 2.11. The molecule has 0 spiro atoms. The van der Waals surface area contributed by atoms with E-state index < -0.39 is 0 Å². The van der Waals surface area contributed by atoms with Crippen LogP contribution in [0.1, 0.15) is 11.1 Å². The quantitative estimate of drug-likeness (QED) is 0.800. The van der Waals surface area contributed by atoms with Crippen LogP contribution in [-0.4, -0.2) is 29.5 Å². The van der Waals surface area contributed by atoms with Crippen molar-refractivity contribution in [3.05, 3.63) is 58.6 Å². The molecule has 0 unspecified atom stereocenters. The van der Waals surface area contributed by atoms with Gasteiger partial charge in [-0.3, -0.25) is 4.79 Å². The highest BCUT2D eigenvalue weighted by Crippen LogP contribution is 2.20. The summed E-state index contributed by atoms with van der Waals surface area (Å²) >= 11 is 11.4. The first kappa shape index (κ1) is 18.2. The fourth-order valence-corrected chi connectivity index (χ4v) is 2.38. The predicted molar refractivity (Wildman–Crippen MR) is 105 cm³/mol. The van der Waals surface area contributed by atoms with E-state index in [9.17, 15) is 4.79 Å². The Hall–Kier alpha value is -2.11. The number of aryl methyl sites for hydroxylation is 2. The van der Waals surface area contributed by atoms with E-state index in [2.05, 4.69) is 10.6 Å². The minimum Gasteiger partial charge on any atom is -0.343 e. The maximum absolute atomic E-state index is 12.1. The molecule has 0 saturated carbocycles. The zero-order chi connectivity index (χ0) is 17.7. The van der Waals surface area contributed by atoms with Crippen LogP contribution in [-0.2, 0) is 4.79 Å². The molecule has 0 aliphatic rings. The number of thiocarbonyl (C=S) groups is 1. The van der Waals surface area contributed by atoms with Gasteiger partial charge in [-0.1, -0.05) is 35.4 Å². The maximum atomic E-state index is 12.1. The van der Waals surface area contributed by atoms with E-state index >= 15 is 0 Å². The zero-order valence-corrected chi connectivity index (χ0v) is 15.5. The van der Waals surface area contributed by atoms with Gasteiger partial charge in [-0.15, -0.1) is 0 Å². The number of anilines is 2. The number of nitrogens with one attached hydrogen (secondary N) is 2. The van der Waals surface area contributed by atoms with Crippen LogP contribution < -0.4 is 10.6 Å². The van der Waals surface area contributed by atoms with Gasteiger partial charge in [0.2, 0.25) is 5.91 Å². The summed E-state index contributed by atoms with van der Waals surface area (Å²) in [4.78, 5) is 13.8. The Kier molecular flexibility index (Phi) is 6.17. The number of amides is 1. The number of halogens is 1. The molecule has 0 radical (unpaired) electrons. The van der Waals surface area contributed by atoms with Gasteiger partial charge in [0.15, 0.2) is 5.11 Å². The first-order chi connectivity index (χ1) is 11.3. The summed E-state index contributed by atoms with van der Waals surface area (Å²) in [6, 6.07) is 13.3. The van der Waals surface area contributed by atoms with E-state index in [0.29, 0.717) is 10.1 Å². The van der Waals surface area contributed by atoms with Crippen LogP contribution in [0.15, 0.2) is 42.5 Å². The molecule has 0 atom stereocenters. The SMILES string of the molecule is Cc1ccc(NC(=O)CN(C)C(=S)Nc2ccc(C)c(Cl)c2)cc1. The van der Waals surface area contributed by atoms with Gasteiger partial charge in [0.05, 0.1) is 6.54 Å². The largest absolute Gasteiger partial charge is 0.343 e. The molecule has 1 amide bonds. The second-order valence-electron chi connectivity index (χ2n) is 5.66. The van der Waals surface area contributed by atoms with Crippen LogP contribution >= 0.6 is 23.8 Å². The Morgan fingerprint density at radius 3 is 2.33 bits per heavy atom. The summed E-state index contributed by atoms with van der Waals surface area (Å²) in [5, 5.41) is 7.05. The van der Waals surface area contributed by atoms with E-state index in [4.69, 9.17) is 23.8 Å². The van der Waals surface area contributed by atoms with Gasteiger partial charge in [-0.2, -0.15) is 0 Å². The van der Waals surface area contributed by atoms with Crippen molar-refractivity contribution in [3.8, 4) is 0 Å². The molecule has 2 N–H and O–H groups in total. The zero-order valence-electron chi connectivity index (χ0n) is 13.9. The van der Waals surface area contributed by atoms with Crippen molar-refractivity contribution in [1.82, 2.24) is 4.90 Å². The molecule has 2 aromatic carbocycles. The second kappa shape index (κ2) is 8.13. The van der Waals surface area contributed by atoms with Crippen molar-refractivity contribution in [1.29, 1.82) is 0 Å². The Balaban J connectivity index is 1.89. The number of hydrogen-bond acceptors (Lipinski definition) is 2. The van der Waals surface area contributed by atoms with Crippen molar-refractivity contribution in [2.75, 3.05) is 24.2 Å². The van der Waals surface area contributed by atoms with Crippen LogP contribution in [0.25, 0.3) is 0 Å². The van der Waals surface area contributed by atoms with Gasteiger partial charge < -0.3 is 15.5 Å². The lowest BCUT2D eigenvalue weighted by Crippen LogP contribution is -2.37. The molecular formula is C18H20ClN3OS. The number of hydrogen-bond donors (Lipinski definition) is 2. The summed E-state index contributed by atoms with van der Waals surface area (Å²) in [5.41, 5.74) is 3.70. The number of carbonyl (C=O) groups excluding carboxylic acids is 1. The van der Waals surface area contributed by atoms with Gasteiger partial charge in [-0.05, 0) is 55.9 Å². The van der Waals surface area contributed by atoms with Crippen LogP contribution in [0.3, 0.4) is 0 Å². The summed E-state index contributed by atoms with van der Waals surface area (Å²) in [6.45, 7) is 4.09. The standard InChI is InChI=1S/C18H20ClN3OS/c1-12-4-7-14(8-5-12)20-17(23)11-22(3)18(24)21-15-9-6-13(2)16(19)10-15/h4-10H,11H2,1-3H3,(H,20,23)(H,21,24). The van der Waals surface area contributed by atoms with Gasteiger partial charge in [-0.25, -0.2) is 0 Å². The van der Waals surface area contributed by atoms with E-state index in [-0.39, 0.29) is 12.5 Å². The molecule has 126 valence electrons. The van der Waals surface area contributed by atoms with Crippen LogP contribution in [0.2, 0.25) is 5.02 Å². The molecule has 24 heavy (non-hydrogen) atoms. The van der Waals surface area contributed by atoms with Gasteiger partial charge >= 0.3 is 0 Å². The summed E-state index contributed by atoms with van der Waals surface area (Å²) in [5.74, 6) is -0.132. The molecule has 2 aromatic rings. The molecule has 0 bridgehead atoms. The Morgan fingerprint density at radius 1 is 1.08 bits per heavy atom. The monoisotopic (exact) mass is 361 g/mol. The molecule has 6 heteroatoms. The lowest BCUT2D eigenvalue weighted by atomic mass is 10.2. The van der Waals surface area contributed by atoms with E-state index in [1.807, 2.05) is 56.3 Å². The number of carbonyl (C=O) groups is 1. The molecule has 0 saturated heterocycles. The average Bonchev–Trinajstić information content (AvgIpc) is 2.53. The van der Waals surface area contributed by atoms with Crippen LogP contribution in [0.4, 0.5) is 11.4 Å². The lowest BCUT2D eigenvalue weighted by molar-refractivity contribution is -0.116. The minimum atomic E-state index is -0.132. The molecule has 0 aromatic heterocycles. The molecule has 0 heterocycles. The summed E-state index contributed by atoms with van der Waals surface area (Å²) in [6.07, 6.45) is 0. The second-order valence-corrected chi connectivity index (χ2v) is 6.46. The summed E-state index contributed by atoms with van der Waals surface area (Å²) in [7, 11) is 1.76. The predicted octanol–water partition coefficient (Wildman–Crippen LogP) is 4.22. The molecule has 0 aliphatic carbocycles. The number of nitrogens with zero attached hydrogens (tertiary/aromatic N) is 1. The normalized spacial score (nSPS) is 10.2. The molecular weight excluding hydrogens is 342 g/mol. The maximum Gasteiger partial charge on any atom is 0.243 e. The summed E-state index contributed by atoms with van der Waals surface area (Å²) < 4.78 is 0. The molecule has 0 fully saturated rings. The first-order valence-corrected chi connectivity index (χ1v) is 8.28. The minimum absolute atomic E-state index is 0.132. The fraction of sp³-hybridized carbons (Fsp3) is 0.222. The number of rotatable bonds is 4. The highest BCUT2D eigenvalue weighted by atomic mass is 35.5. The van der Waals surface area contributed by atoms with Crippen LogP contribution in [0, 0.1) is 13.8 Å². The van der Waals surface area contributed by atoms with Gasteiger partial charge in [0, 0.05) is 23.4 Å². The average molecular weight is 362 g/mol. The van der Waals surface area contributed by atoms with Crippen molar-refractivity contribution >= 4 is 46.2 Å². The van der Waals surface area contributed by atoms with Crippen molar-refractivity contribution in [2.45, 2.75) is 13.8 Å². The van der Waals surface area contributed by atoms with Crippen molar-refractivity contribution < 1.29 is 4.79 Å². The third kappa shape index (κ3) is 5.22. The molecule has 2 rings (SSSR count). The molecule has 4 nitrogen and oxygen atoms in total. The van der Waals surface area contributed by atoms with E-state index in [1.165, 1.54) is 0 Å². The molecule has 0 aliphatic heterocycles. The Labute approximate surface area is 152 Å². The lowest BCUT2D eigenvalue weighted by Gasteiger charge is -2.21. The van der Waals surface area contributed by atoms with Crippen LogP contribution in [0.5, 0.6) is 0 Å². The first-order valence-electron chi connectivity index (χ1n) is 7.50. The Morgan fingerprint density at radius 2 is 1.71 bits per heavy atom. The number of benzene rings is 2. The Bertz CT molecular complexity index is 746. The van der Waals surface area contributed by atoms with Crippen molar-refractivity contribution in [2.24, 2.45) is 0 Å². The third-order valence-corrected chi connectivity index (χ3v) is 4.31. The third-order valence-electron chi connectivity index (χ3n) is 3.49. The van der Waals surface area contributed by atoms with E-state index in [1.54, 1.807) is 11.9 Å². The topological polar surface area (TPSA) is 44.4 Å². The number of likely N-dealkylation sites (N-methyl/N-ethyl adjacent to an activating group) is 1. The smallest absolute Gasteiger partial charge is 0.243 e. The van der Waals surface area contributed by atoms with Gasteiger partial charge in [0.1, 0.15) is 0 Å². The van der Waals surface area contributed by atoms with Crippen molar-refractivity contribution in [3.63, 3.8) is 0 Å².